The maximum absolute atomic E-state index is 13.2. The molecular weight excluding hydrogens is 251 g/mol. The number of hydrogen-bond donors (Lipinski definition) is 1. The second-order valence-electron chi connectivity index (χ2n) is 5.32. The van der Waals surface area contributed by atoms with Crippen molar-refractivity contribution >= 4 is 11.6 Å². The summed E-state index contributed by atoms with van der Waals surface area (Å²) in [5.41, 5.74) is 1.12. The number of piperidine rings is 1. The fraction of sp³-hybridized carbons (Fsp3) is 0.571. The van der Waals surface area contributed by atoms with Crippen LogP contribution in [0.15, 0.2) is 18.2 Å². The Morgan fingerprint density at radius 2 is 2.06 bits per heavy atom. The quantitative estimate of drug-likeness (QED) is 0.908. The van der Waals surface area contributed by atoms with Gasteiger partial charge in [-0.05, 0) is 50.6 Å². The number of rotatable bonds is 3. The van der Waals surface area contributed by atoms with Crippen molar-refractivity contribution in [1.82, 2.24) is 10.2 Å². The molecule has 1 fully saturated rings. The number of hydrogen-bond acceptors (Lipinski definition) is 2. The Hall–Kier alpha value is -0.640. The summed E-state index contributed by atoms with van der Waals surface area (Å²) in [6, 6.07) is 4.57. The van der Waals surface area contributed by atoms with E-state index in [0.717, 1.165) is 38.0 Å². The molecule has 0 aliphatic carbocycles. The first-order valence-corrected chi connectivity index (χ1v) is 6.75. The molecule has 0 aromatic heterocycles. The zero-order chi connectivity index (χ0) is 13.2. The van der Waals surface area contributed by atoms with Crippen molar-refractivity contribution in [3.63, 3.8) is 0 Å². The van der Waals surface area contributed by atoms with Crippen LogP contribution in [0.2, 0.25) is 5.02 Å². The van der Waals surface area contributed by atoms with E-state index in [0.29, 0.717) is 5.02 Å². The molecule has 18 heavy (non-hydrogen) atoms. The molecule has 0 unspecified atom stereocenters. The van der Waals surface area contributed by atoms with Gasteiger partial charge >= 0.3 is 0 Å². The molecule has 0 saturated carbocycles. The lowest BCUT2D eigenvalue weighted by atomic mass is 9.90. The molecule has 1 N–H and O–H groups in total. The Labute approximate surface area is 113 Å². The normalized spacial score (nSPS) is 20.0. The number of nitrogens with one attached hydrogen (secondary N) is 1. The standard InChI is InChI=1S/C14H20ClFN2/c1-14(17-2)5-7-18(8-6-14)10-11-9-12(16)3-4-13(11)15/h3-4,9,17H,5-8,10H2,1-2H3. The van der Waals surface area contributed by atoms with Gasteiger partial charge in [-0.1, -0.05) is 11.6 Å². The monoisotopic (exact) mass is 270 g/mol. The molecule has 100 valence electrons. The smallest absolute Gasteiger partial charge is 0.123 e. The van der Waals surface area contributed by atoms with Gasteiger partial charge in [0.25, 0.3) is 0 Å². The summed E-state index contributed by atoms with van der Waals surface area (Å²) in [5.74, 6) is -0.216. The van der Waals surface area contributed by atoms with E-state index in [1.165, 1.54) is 12.1 Å². The van der Waals surface area contributed by atoms with Gasteiger partial charge in [0.05, 0.1) is 0 Å². The summed E-state index contributed by atoms with van der Waals surface area (Å²) in [6.07, 6.45) is 2.22. The Bertz CT molecular complexity index is 414. The molecule has 1 aliphatic heterocycles. The minimum Gasteiger partial charge on any atom is -0.314 e. The Balaban J connectivity index is 1.97. The van der Waals surface area contributed by atoms with E-state index < -0.39 is 0 Å². The predicted molar refractivity (Wildman–Crippen MR) is 73.4 cm³/mol. The van der Waals surface area contributed by atoms with Gasteiger partial charge in [-0.2, -0.15) is 0 Å². The Morgan fingerprint density at radius 3 is 2.67 bits per heavy atom. The van der Waals surface area contributed by atoms with E-state index >= 15 is 0 Å². The molecule has 0 spiro atoms. The highest BCUT2D eigenvalue weighted by Gasteiger charge is 2.28. The zero-order valence-corrected chi connectivity index (χ0v) is 11.7. The lowest BCUT2D eigenvalue weighted by Gasteiger charge is -2.39. The summed E-state index contributed by atoms with van der Waals surface area (Å²) in [5, 5.41) is 4.02. The highest BCUT2D eigenvalue weighted by atomic mass is 35.5. The summed E-state index contributed by atoms with van der Waals surface area (Å²) >= 11 is 6.09. The van der Waals surface area contributed by atoms with Gasteiger partial charge < -0.3 is 5.32 Å². The molecule has 1 aromatic carbocycles. The molecule has 4 heteroatoms. The van der Waals surface area contributed by atoms with Crippen molar-refractivity contribution in [2.75, 3.05) is 20.1 Å². The van der Waals surface area contributed by atoms with Gasteiger partial charge in [-0.25, -0.2) is 4.39 Å². The van der Waals surface area contributed by atoms with Crippen LogP contribution in [0.25, 0.3) is 0 Å². The summed E-state index contributed by atoms with van der Waals surface area (Å²) < 4.78 is 13.2. The highest BCUT2D eigenvalue weighted by Crippen LogP contribution is 2.24. The van der Waals surface area contributed by atoms with E-state index in [1.807, 2.05) is 7.05 Å². The largest absolute Gasteiger partial charge is 0.314 e. The number of nitrogens with zero attached hydrogens (tertiary/aromatic N) is 1. The van der Waals surface area contributed by atoms with Crippen molar-refractivity contribution < 1.29 is 4.39 Å². The minimum atomic E-state index is -0.216. The van der Waals surface area contributed by atoms with Crippen LogP contribution in [0.1, 0.15) is 25.3 Å². The third-order valence-electron chi connectivity index (χ3n) is 3.96. The minimum absolute atomic E-state index is 0.216. The third kappa shape index (κ3) is 3.22. The average molecular weight is 271 g/mol. The Kier molecular flexibility index (Phi) is 4.25. The van der Waals surface area contributed by atoms with E-state index in [2.05, 4.69) is 17.1 Å². The van der Waals surface area contributed by atoms with Crippen LogP contribution >= 0.6 is 11.6 Å². The SMILES string of the molecule is CNC1(C)CCN(Cc2cc(F)ccc2Cl)CC1. The first-order valence-electron chi connectivity index (χ1n) is 6.38. The van der Waals surface area contributed by atoms with E-state index in [4.69, 9.17) is 11.6 Å². The van der Waals surface area contributed by atoms with E-state index in [-0.39, 0.29) is 11.4 Å². The van der Waals surface area contributed by atoms with Crippen LogP contribution in [-0.4, -0.2) is 30.6 Å². The molecule has 1 saturated heterocycles. The van der Waals surface area contributed by atoms with Crippen LogP contribution in [0.3, 0.4) is 0 Å². The number of benzene rings is 1. The van der Waals surface area contributed by atoms with Gasteiger partial charge in [0.15, 0.2) is 0 Å². The maximum atomic E-state index is 13.2. The van der Waals surface area contributed by atoms with Crippen molar-refractivity contribution in [2.24, 2.45) is 0 Å². The van der Waals surface area contributed by atoms with Gasteiger partial charge in [0.2, 0.25) is 0 Å². The third-order valence-corrected chi connectivity index (χ3v) is 4.33. The first-order chi connectivity index (χ1) is 8.52. The second-order valence-corrected chi connectivity index (χ2v) is 5.73. The predicted octanol–water partition coefficient (Wildman–Crippen LogP) is 3.05. The van der Waals surface area contributed by atoms with Crippen molar-refractivity contribution in [2.45, 2.75) is 31.8 Å². The number of halogens is 2. The van der Waals surface area contributed by atoms with Crippen LogP contribution in [0.5, 0.6) is 0 Å². The molecule has 0 bridgehead atoms. The number of likely N-dealkylation sites (tertiary alicyclic amines) is 1. The van der Waals surface area contributed by atoms with Crippen LogP contribution in [0.4, 0.5) is 4.39 Å². The van der Waals surface area contributed by atoms with Gasteiger partial charge in [0.1, 0.15) is 5.82 Å². The lowest BCUT2D eigenvalue weighted by molar-refractivity contribution is 0.146. The maximum Gasteiger partial charge on any atom is 0.123 e. The molecule has 1 aliphatic rings. The summed E-state index contributed by atoms with van der Waals surface area (Å²) in [4.78, 5) is 2.33. The van der Waals surface area contributed by atoms with Crippen molar-refractivity contribution in [3.8, 4) is 0 Å². The molecule has 2 nitrogen and oxygen atoms in total. The summed E-state index contributed by atoms with van der Waals surface area (Å²) in [6.45, 7) is 5.02. The Morgan fingerprint density at radius 1 is 1.39 bits per heavy atom. The molecule has 1 heterocycles. The average Bonchev–Trinajstić information content (AvgIpc) is 2.37. The molecular formula is C14H20ClFN2. The summed E-state index contributed by atoms with van der Waals surface area (Å²) in [7, 11) is 2.01. The van der Waals surface area contributed by atoms with Crippen molar-refractivity contribution in [1.29, 1.82) is 0 Å². The topological polar surface area (TPSA) is 15.3 Å². The van der Waals surface area contributed by atoms with Gasteiger partial charge in [-0.15, -0.1) is 0 Å². The lowest BCUT2D eigenvalue weighted by Crippen LogP contribution is -2.49. The van der Waals surface area contributed by atoms with Crippen LogP contribution in [-0.2, 0) is 6.54 Å². The van der Waals surface area contributed by atoms with E-state index in [1.54, 1.807) is 6.07 Å². The zero-order valence-electron chi connectivity index (χ0n) is 11.0. The highest BCUT2D eigenvalue weighted by molar-refractivity contribution is 6.31. The molecule has 0 atom stereocenters. The first kappa shape index (κ1) is 13.8. The fourth-order valence-corrected chi connectivity index (χ4v) is 2.54. The van der Waals surface area contributed by atoms with Gasteiger partial charge in [-0.3, -0.25) is 4.90 Å². The molecule has 0 radical (unpaired) electrons. The van der Waals surface area contributed by atoms with Crippen LogP contribution in [0, 0.1) is 5.82 Å². The molecule has 0 amide bonds. The second kappa shape index (κ2) is 5.55. The van der Waals surface area contributed by atoms with E-state index in [9.17, 15) is 4.39 Å². The van der Waals surface area contributed by atoms with Gasteiger partial charge in [0, 0.05) is 30.2 Å². The fourth-order valence-electron chi connectivity index (χ4n) is 2.36. The van der Waals surface area contributed by atoms with Crippen LogP contribution < -0.4 is 5.32 Å². The molecule has 2 rings (SSSR count). The molecule has 1 aromatic rings. The van der Waals surface area contributed by atoms with Crippen molar-refractivity contribution in [3.05, 3.63) is 34.6 Å².